The van der Waals surface area contributed by atoms with Crippen LogP contribution in [0.15, 0.2) is 22.8 Å². The molecule has 4 heteroatoms. The molecule has 0 amide bonds. The highest BCUT2D eigenvalue weighted by Crippen LogP contribution is 2.38. The van der Waals surface area contributed by atoms with Crippen LogP contribution in [0.3, 0.4) is 0 Å². The van der Waals surface area contributed by atoms with E-state index in [1.807, 2.05) is 13.8 Å². The SMILES string of the molecule is CCCC[C@](O)(c1ccco1)[C@H]1COC(C)(C)O1. The summed E-state index contributed by atoms with van der Waals surface area (Å²) in [6.07, 6.45) is 3.73. The van der Waals surface area contributed by atoms with Crippen LogP contribution in [0, 0.1) is 0 Å². The lowest BCUT2D eigenvalue weighted by atomic mass is 9.88. The minimum Gasteiger partial charge on any atom is -0.466 e. The van der Waals surface area contributed by atoms with Gasteiger partial charge in [0.1, 0.15) is 11.9 Å². The van der Waals surface area contributed by atoms with Crippen LogP contribution in [-0.4, -0.2) is 23.6 Å². The van der Waals surface area contributed by atoms with Crippen molar-refractivity contribution in [3.8, 4) is 0 Å². The lowest BCUT2D eigenvalue weighted by Gasteiger charge is -2.31. The number of hydrogen-bond acceptors (Lipinski definition) is 4. The average molecular weight is 254 g/mol. The van der Waals surface area contributed by atoms with Gasteiger partial charge in [-0.05, 0) is 32.4 Å². The molecular weight excluding hydrogens is 232 g/mol. The van der Waals surface area contributed by atoms with Crippen molar-refractivity contribution in [1.82, 2.24) is 0 Å². The lowest BCUT2D eigenvalue weighted by Crippen LogP contribution is -2.42. The first-order valence-corrected chi connectivity index (χ1v) is 6.56. The standard InChI is InChI=1S/C14H22O4/c1-4-5-8-14(15,11-7-6-9-16-11)12-10-17-13(2,3)18-12/h6-7,9,12,15H,4-5,8,10H2,1-3H3/t12-,14+/m1/s1. The molecule has 1 aliphatic rings. The van der Waals surface area contributed by atoms with E-state index in [1.54, 1.807) is 18.4 Å². The van der Waals surface area contributed by atoms with E-state index in [4.69, 9.17) is 13.9 Å². The molecule has 1 aromatic rings. The fraction of sp³-hybridized carbons (Fsp3) is 0.714. The Balaban J connectivity index is 2.20. The van der Waals surface area contributed by atoms with Gasteiger partial charge in [-0.3, -0.25) is 0 Å². The molecule has 0 saturated carbocycles. The molecule has 0 aromatic carbocycles. The largest absolute Gasteiger partial charge is 0.466 e. The zero-order valence-corrected chi connectivity index (χ0v) is 11.3. The van der Waals surface area contributed by atoms with Gasteiger partial charge in [-0.15, -0.1) is 0 Å². The van der Waals surface area contributed by atoms with Crippen molar-refractivity contribution >= 4 is 0 Å². The highest BCUT2D eigenvalue weighted by Gasteiger charge is 2.48. The van der Waals surface area contributed by atoms with Crippen molar-refractivity contribution < 1.29 is 19.0 Å². The van der Waals surface area contributed by atoms with E-state index in [9.17, 15) is 5.11 Å². The molecule has 1 N–H and O–H groups in total. The van der Waals surface area contributed by atoms with Crippen LogP contribution < -0.4 is 0 Å². The summed E-state index contributed by atoms with van der Waals surface area (Å²) in [7, 11) is 0. The quantitative estimate of drug-likeness (QED) is 0.877. The van der Waals surface area contributed by atoms with Gasteiger partial charge in [0.15, 0.2) is 11.4 Å². The van der Waals surface area contributed by atoms with Crippen LogP contribution in [0.25, 0.3) is 0 Å². The van der Waals surface area contributed by atoms with Crippen LogP contribution in [0.5, 0.6) is 0 Å². The van der Waals surface area contributed by atoms with Crippen LogP contribution in [0.2, 0.25) is 0 Å². The third-order valence-electron chi connectivity index (χ3n) is 3.40. The van der Waals surface area contributed by atoms with E-state index in [0.29, 0.717) is 18.8 Å². The second-order valence-corrected chi connectivity index (χ2v) is 5.32. The first-order valence-electron chi connectivity index (χ1n) is 6.56. The molecule has 0 spiro atoms. The topological polar surface area (TPSA) is 51.8 Å². The number of rotatable bonds is 5. The van der Waals surface area contributed by atoms with E-state index < -0.39 is 11.4 Å². The molecule has 2 atom stereocenters. The van der Waals surface area contributed by atoms with Crippen molar-refractivity contribution in [2.24, 2.45) is 0 Å². The average Bonchev–Trinajstić information content (AvgIpc) is 2.95. The number of furan rings is 1. The lowest BCUT2D eigenvalue weighted by molar-refractivity contribution is -0.178. The van der Waals surface area contributed by atoms with Gasteiger partial charge in [0.05, 0.1) is 12.9 Å². The van der Waals surface area contributed by atoms with Gasteiger partial charge in [-0.2, -0.15) is 0 Å². The third-order valence-corrected chi connectivity index (χ3v) is 3.40. The van der Waals surface area contributed by atoms with Gasteiger partial charge in [-0.25, -0.2) is 0 Å². The summed E-state index contributed by atoms with van der Waals surface area (Å²) in [5, 5.41) is 10.9. The molecule has 102 valence electrons. The molecule has 0 aliphatic carbocycles. The second kappa shape index (κ2) is 5.03. The molecule has 2 heterocycles. The Morgan fingerprint density at radius 3 is 2.78 bits per heavy atom. The predicted molar refractivity (Wildman–Crippen MR) is 67.0 cm³/mol. The second-order valence-electron chi connectivity index (χ2n) is 5.32. The van der Waals surface area contributed by atoms with Crippen LogP contribution in [-0.2, 0) is 15.1 Å². The molecule has 0 radical (unpaired) electrons. The van der Waals surface area contributed by atoms with E-state index in [-0.39, 0.29) is 6.10 Å². The summed E-state index contributed by atoms with van der Waals surface area (Å²) in [6.45, 7) is 6.19. The van der Waals surface area contributed by atoms with Gasteiger partial charge in [0.2, 0.25) is 0 Å². The molecule has 1 aliphatic heterocycles. The van der Waals surface area contributed by atoms with Crippen LogP contribution >= 0.6 is 0 Å². The minimum atomic E-state index is -1.10. The third kappa shape index (κ3) is 2.60. The molecule has 0 bridgehead atoms. The predicted octanol–water partition coefficient (Wildman–Crippen LogP) is 2.81. The molecule has 0 unspecified atom stereocenters. The summed E-state index contributed by atoms with van der Waals surface area (Å²) in [5.74, 6) is -0.0838. The number of unbranched alkanes of at least 4 members (excludes halogenated alkanes) is 1. The van der Waals surface area contributed by atoms with Gasteiger partial charge >= 0.3 is 0 Å². The Kier molecular flexibility index (Phi) is 3.80. The first-order chi connectivity index (χ1) is 8.48. The van der Waals surface area contributed by atoms with E-state index in [2.05, 4.69) is 6.92 Å². The molecular formula is C14H22O4. The van der Waals surface area contributed by atoms with Gasteiger partial charge in [0.25, 0.3) is 0 Å². The fourth-order valence-corrected chi connectivity index (χ4v) is 2.34. The van der Waals surface area contributed by atoms with Crippen molar-refractivity contribution in [2.75, 3.05) is 6.61 Å². The van der Waals surface area contributed by atoms with E-state index in [1.165, 1.54) is 0 Å². The Hall–Kier alpha value is -0.840. The van der Waals surface area contributed by atoms with Gasteiger partial charge < -0.3 is 19.0 Å². The highest BCUT2D eigenvalue weighted by molar-refractivity contribution is 5.13. The maximum absolute atomic E-state index is 10.9. The maximum Gasteiger partial charge on any atom is 0.163 e. The summed E-state index contributed by atoms with van der Waals surface area (Å²) in [4.78, 5) is 0. The smallest absolute Gasteiger partial charge is 0.163 e. The van der Waals surface area contributed by atoms with E-state index in [0.717, 1.165) is 12.8 Å². The first kappa shape index (κ1) is 13.6. The van der Waals surface area contributed by atoms with Crippen molar-refractivity contribution in [2.45, 2.75) is 57.5 Å². The van der Waals surface area contributed by atoms with Gasteiger partial charge in [-0.1, -0.05) is 19.8 Å². The molecule has 1 saturated heterocycles. The maximum atomic E-state index is 10.9. The zero-order valence-electron chi connectivity index (χ0n) is 11.3. The summed E-state index contributed by atoms with van der Waals surface area (Å²) < 4.78 is 16.7. The number of aliphatic hydroxyl groups is 1. The molecule has 1 aromatic heterocycles. The Morgan fingerprint density at radius 1 is 1.50 bits per heavy atom. The van der Waals surface area contributed by atoms with Crippen molar-refractivity contribution in [3.05, 3.63) is 24.2 Å². The summed E-state index contributed by atoms with van der Waals surface area (Å²) >= 11 is 0. The molecule has 4 nitrogen and oxygen atoms in total. The normalized spacial score (nSPS) is 26.1. The Morgan fingerprint density at radius 2 is 2.28 bits per heavy atom. The number of ether oxygens (including phenoxy) is 2. The van der Waals surface area contributed by atoms with Crippen LogP contribution in [0.4, 0.5) is 0 Å². The summed E-state index contributed by atoms with van der Waals surface area (Å²) in [6, 6.07) is 3.58. The van der Waals surface area contributed by atoms with Crippen molar-refractivity contribution in [3.63, 3.8) is 0 Å². The van der Waals surface area contributed by atoms with Gasteiger partial charge in [0, 0.05) is 0 Å². The van der Waals surface area contributed by atoms with E-state index >= 15 is 0 Å². The summed E-state index contributed by atoms with van der Waals surface area (Å²) in [5.41, 5.74) is -1.10. The van der Waals surface area contributed by atoms with Crippen molar-refractivity contribution in [1.29, 1.82) is 0 Å². The molecule has 1 fully saturated rings. The zero-order chi connectivity index (χ0) is 13.2. The Labute approximate surface area is 108 Å². The number of hydrogen-bond donors (Lipinski definition) is 1. The Bertz CT molecular complexity index is 371. The van der Waals surface area contributed by atoms with Crippen LogP contribution in [0.1, 0.15) is 45.8 Å². The fourth-order valence-electron chi connectivity index (χ4n) is 2.34. The molecule has 2 rings (SSSR count). The highest BCUT2D eigenvalue weighted by atomic mass is 16.7. The molecule has 18 heavy (non-hydrogen) atoms. The minimum absolute atomic E-state index is 0.383. The monoisotopic (exact) mass is 254 g/mol.